The maximum atomic E-state index is 12.6. The van der Waals surface area contributed by atoms with Crippen LogP contribution in [-0.2, 0) is 28.8 Å². The highest BCUT2D eigenvalue weighted by Crippen LogP contribution is 2.07. The van der Waals surface area contributed by atoms with E-state index in [1.54, 1.807) is 13.8 Å². The summed E-state index contributed by atoms with van der Waals surface area (Å²) >= 11 is 0. The molecule has 0 aliphatic carbocycles. The first-order chi connectivity index (χ1) is 14.7. The number of rotatable bonds is 14. The second kappa shape index (κ2) is 13.2. The summed E-state index contributed by atoms with van der Waals surface area (Å²) in [6.45, 7) is 4.66. The Morgan fingerprint density at radius 3 is 1.66 bits per heavy atom. The Hall–Kier alpha value is -3.26. The SMILES string of the molecule is CCC(C)C(N)C(=O)NC(C(=O)NC(CC(=O)O)C(=O)NC(CC(=O)O)C(=O)O)C(C)O. The number of amides is 3. The molecule has 0 aromatic rings. The quantitative estimate of drug-likeness (QED) is 0.131. The first-order valence-corrected chi connectivity index (χ1v) is 9.72. The van der Waals surface area contributed by atoms with Gasteiger partial charge in [0.15, 0.2) is 0 Å². The van der Waals surface area contributed by atoms with E-state index in [-0.39, 0.29) is 5.92 Å². The van der Waals surface area contributed by atoms with Crippen molar-refractivity contribution in [3.8, 4) is 0 Å². The Kier molecular flexibility index (Phi) is 11.9. The Morgan fingerprint density at radius 2 is 1.25 bits per heavy atom. The molecule has 0 rings (SSSR count). The number of aliphatic hydroxyl groups is 1. The van der Waals surface area contributed by atoms with E-state index in [1.165, 1.54) is 6.92 Å². The van der Waals surface area contributed by atoms with Gasteiger partial charge in [0.1, 0.15) is 18.1 Å². The van der Waals surface area contributed by atoms with E-state index in [0.29, 0.717) is 6.42 Å². The van der Waals surface area contributed by atoms with Crippen molar-refractivity contribution < 1.29 is 49.2 Å². The lowest BCUT2D eigenvalue weighted by atomic mass is 9.98. The van der Waals surface area contributed by atoms with Crippen molar-refractivity contribution in [1.82, 2.24) is 16.0 Å². The zero-order valence-electron chi connectivity index (χ0n) is 17.9. The second-order valence-electron chi connectivity index (χ2n) is 7.29. The van der Waals surface area contributed by atoms with Crippen molar-refractivity contribution in [2.45, 2.75) is 70.3 Å². The van der Waals surface area contributed by atoms with Crippen LogP contribution >= 0.6 is 0 Å². The summed E-state index contributed by atoms with van der Waals surface area (Å²) in [5.74, 6) is -8.17. The van der Waals surface area contributed by atoms with E-state index < -0.39 is 78.7 Å². The molecule has 9 N–H and O–H groups in total. The maximum absolute atomic E-state index is 12.6. The molecule has 0 aliphatic rings. The lowest BCUT2D eigenvalue weighted by Crippen LogP contribution is -2.60. The zero-order chi connectivity index (χ0) is 25.2. The molecular weight excluding hydrogens is 432 g/mol. The van der Waals surface area contributed by atoms with Crippen molar-refractivity contribution >= 4 is 35.6 Å². The largest absolute Gasteiger partial charge is 0.481 e. The van der Waals surface area contributed by atoms with Crippen LogP contribution in [0.3, 0.4) is 0 Å². The first-order valence-electron chi connectivity index (χ1n) is 9.72. The van der Waals surface area contributed by atoms with Crippen LogP contribution in [0.1, 0.15) is 40.0 Å². The molecule has 6 atom stereocenters. The van der Waals surface area contributed by atoms with Gasteiger partial charge in [-0.1, -0.05) is 20.3 Å². The molecule has 3 amide bonds. The molecule has 14 heteroatoms. The monoisotopic (exact) mass is 462 g/mol. The Labute approximate surface area is 183 Å². The molecule has 0 radical (unpaired) electrons. The molecule has 6 unspecified atom stereocenters. The Balaban J connectivity index is 5.51. The molecular formula is C18H30N4O10. The van der Waals surface area contributed by atoms with Crippen molar-refractivity contribution in [3.05, 3.63) is 0 Å². The van der Waals surface area contributed by atoms with Crippen molar-refractivity contribution in [3.63, 3.8) is 0 Å². The number of carboxylic acid groups (broad SMARTS) is 3. The molecule has 0 aliphatic heterocycles. The summed E-state index contributed by atoms with van der Waals surface area (Å²) in [5.41, 5.74) is 5.79. The van der Waals surface area contributed by atoms with E-state index in [9.17, 15) is 33.9 Å². The summed E-state index contributed by atoms with van der Waals surface area (Å²) < 4.78 is 0. The van der Waals surface area contributed by atoms with Crippen molar-refractivity contribution in [2.24, 2.45) is 11.7 Å². The van der Waals surface area contributed by atoms with E-state index in [1.807, 2.05) is 10.6 Å². The average molecular weight is 462 g/mol. The van der Waals surface area contributed by atoms with Gasteiger partial charge >= 0.3 is 17.9 Å². The summed E-state index contributed by atoms with van der Waals surface area (Å²) in [7, 11) is 0. The van der Waals surface area contributed by atoms with E-state index in [2.05, 4.69) is 5.32 Å². The van der Waals surface area contributed by atoms with Crippen LogP contribution in [0.4, 0.5) is 0 Å². The van der Waals surface area contributed by atoms with Crippen LogP contribution in [0.15, 0.2) is 0 Å². The molecule has 0 aromatic carbocycles. The van der Waals surface area contributed by atoms with Crippen LogP contribution in [0.5, 0.6) is 0 Å². The third-order valence-electron chi connectivity index (χ3n) is 4.63. The van der Waals surface area contributed by atoms with Gasteiger partial charge < -0.3 is 42.1 Å². The predicted octanol–water partition coefficient (Wildman–Crippen LogP) is -2.77. The minimum atomic E-state index is -1.88. The number of hydrogen-bond acceptors (Lipinski definition) is 8. The van der Waals surface area contributed by atoms with Crippen LogP contribution in [0.25, 0.3) is 0 Å². The minimum absolute atomic E-state index is 0.250. The van der Waals surface area contributed by atoms with Crippen LogP contribution < -0.4 is 21.7 Å². The van der Waals surface area contributed by atoms with Gasteiger partial charge in [-0.15, -0.1) is 0 Å². The number of carbonyl (C=O) groups is 6. The number of carbonyl (C=O) groups excluding carboxylic acids is 3. The second-order valence-corrected chi connectivity index (χ2v) is 7.29. The minimum Gasteiger partial charge on any atom is -0.481 e. The molecule has 0 spiro atoms. The predicted molar refractivity (Wildman–Crippen MR) is 107 cm³/mol. The summed E-state index contributed by atoms with van der Waals surface area (Å²) in [4.78, 5) is 70.2. The summed E-state index contributed by atoms with van der Waals surface area (Å²) in [6, 6.07) is -6.30. The molecule has 14 nitrogen and oxygen atoms in total. The Morgan fingerprint density at radius 1 is 0.781 bits per heavy atom. The number of nitrogens with two attached hydrogens (primary N) is 1. The molecule has 182 valence electrons. The van der Waals surface area contributed by atoms with E-state index in [0.717, 1.165) is 0 Å². The first kappa shape index (κ1) is 28.7. The molecule has 0 bridgehead atoms. The van der Waals surface area contributed by atoms with Crippen LogP contribution in [0.2, 0.25) is 0 Å². The number of hydrogen-bond donors (Lipinski definition) is 8. The topological polar surface area (TPSA) is 245 Å². The fraction of sp³-hybridized carbons (Fsp3) is 0.667. The van der Waals surface area contributed by atoms with Gasteiger partial charge in [-0.3, -0.25) is 24.0 Å². The van der Waals surface area contributed by atoms with Gasteiger partial charge in [-0.25, -0.2) is 4.79 Å². The molecule has 0 saturated carbocycles. The maximum Gasteiger partial charge on any atom is 0.326 e. The fourth-order valence-electron chi connectivity index (χ4n) is 2.46. The number of nitrogens with one attached hydrogen (secondary N) is 3. The van der Waals surface area contributed by atoms with Gasteiger partial charge in [0.25, 0.3) is 0 Å². The van der Waals surface area contributed by atoms with Gasteiger partial charge in [-0.2, -0.15) is 0 Å². The van der Waals surface area contributed by atoms with E-state index in [4.69, 9.17) is 21.1 Å². The average Bonchev–Trinajstić information content (AvgIpc) is 2.68. The number of aliphatic hydroxyl groups excluding tert-OH is 1. The summed E-state index contributed by atoms with van der Waals surface area (Å²) in [5, 5.41) is 42.8. The van der Waals surface area contributed by atoms with Crippen molar-refractivity contribution in [2.75, 3.05) is 0 Å². The number of aliphatic carboxylic acids is 3. The standard InChI is InChI=1S/C18H30N4O10/c1-4-7(2)13(19)16(29)22-14(8(3)23)17(30)20-9(5-11(24)25)15(28)21-10(18(31)32)6-12(26)27/h7-10,13-14,23H,4-6,19H2,1-3H3,(H,20,30)(H,21,28)(H,22,29)(H,24,25)(H,26,27)(H,31,32). The van der Waals surface area contributed by atoms with Gasteiger partial charge in [0, 0.05) is 0 Å². The highest BCUT2D eigenvalue weighted by molar-refractivity contribution is 5.96. The van der Waals surface area contributed by atoms with Gasteiger partial charge in [0.05, 0.1) is 25.0 Å². The Bertz CT molecular complexity index is 727. The smallest absolute Gasteiger partial charge is 0.326 e. The fourth-order valence-corrected chi connectivity index (χ4v) is 2.46. The van der Waals surface area contributed by atoms with Gasteiger partial charge in [-0.05, 0) is 12.8 Å². The lowest BCUT2D eigenvalue weighted by molar-refractivity contribution is -0.148. The highest BCUT2D eigenvalue weighted by Gasteiger charge is 2.34. The molecule has 0 aromatic heterocycles. The van der Waals surface area contributed by atoms with Gasteiger partial charge in [0.2, 0.25) is 17.7 Å². The normalized spacial score (nSPS) is 16.4. The molecule has 0 saturated heterocycles. The number of carboxylic acids is 3. The van der Waals surface area contributed by atoms with E-state index >= 15 is 0 Å². The van der Waals surface area contributed by atoms with Crippen molar-refractivity contribution in [1.29, 1.82) is 0 Å². The zero-order valence-corrected chi connectivity index (χ0v) is 17.9. The molecule has 32 heavy (non-hydrogen) atoms. The van der Waals surface area contributed by atoms with Crippen LogP contribution in [0, 0.1) is 5.92 Å². The highest BCUT2D eigenvalue weighted by atomic mass is 16.4. The summed E-state index contributed by atoms with van der Waals surface area (Å²) in [6.07, 6.45) is -2.88. The third kappa shape index (κ3) is 9.70. The lowest BCUT2D eigenvalue weighted by Gasteiger charge is -2.26. The molecule has 0 fully saturated rings. The van der Waals surface area contributed by atoms with Crippen LogP contribution in [-0.4, -0.2) is 86.3 Å². The third-order valence-corrected chi connectivity index (χ3v) is 4.63. The molecule has 0 heterocycles.